The van der Waals surface area contributed by atoms with E-state index < -0.39 is 0 Å². The third kappa shape index (κ3) is 6.08. The zero-order chi connectivity index (χ0) is 24.8. The Balaban J connectivity index is 1.48. The van der Waals surface area contributed by atoms with E-state index in [2.05, 4.69) is 11.9 Å². The summed E-state index contributed by atoms with van der Waals surface area (Å²) in [5.74, 6) is -0.156. The standard InChI is InChI=1S/C27H28FN3O3S/c1-3-13-30(27(33)29-21-9-7-19(2)8-10-21)17-26(32)31-14-11-25-23(12-15-35-25)24(31)18-34-22-6-4-5-20(28)16-22/h3-10,12,15-16,24H,1,11,13-14,17-18H2,2H3,(H,29,33). The van der Waals surface area contributed by atoms with E-state index >= 15 is 0 Å². The molecule has 1 N–H and O–H groups in total. The van der Waals surface area contributed by atoms with Gasteiger partial charge in [-0.3, -0.25) is 4.79 Å². The number of aryl methyl sites for hydroxylation is 1. The highest BCUT2D eigenvalue weighted by molar-refractivity contribution is 7.10. The number of amides is 3. The molecule has 8 heteroatoms. The lowest BCUT2D eigenvalue weighted by atomic mass is 10.0. The van der Waals surface area contributed by atoms with Gasteiger partial charge in [-0.2, -0.15) is 0 Å². The molecule has 0 fully saturated rings. The highest BCUT2D eigenvalue weighted by Crippen LogP contribution is 2.34. The summed E-state index contributed by atoms with van der Waals surface area (Å²) in [4.78, 5) is 30.8. The minimum Gasteiger partial charge on any atom is -0.491 e. The Kier molecular flexibility index (Phi) is 7.82. The molecule has 1 aromatic heterocycles. The number of hydrogen-bond donors (Lipinski definition) is 1. The molecule has 182 valence electrons. The number of fused-ring (bicyclic) bond motifs is 1. The number of urea groups is 1. The molecule has 3 aromatic rings. The third-order valence-electron chi connectivity index (χ3n) is 5.88. The van der Waals surface area contributed by atoms with Gasteiger partial charge in [-0.05, 0) is 54.6 Å². The van der Waals surface area contributed by atoms with E-state index in [0.29, 0.717) is 18.0 Å². The normalized spacial score (nSPS) is 14.7. The molecule has 2 heterocycles. The largest absolute Gasteiger partial charge is 0.491 e. The van der Waals surface area contributed by atoms with E-state index in [1.165, 1.54) is 21.9 Å². The number of hydrogen-bond acceptors (Lipinski definition) is 4. The first-order valence-electron chi connectivity index (χ1n) is 11.4. The van der Waals surface area contributed by atoms with E-state index in [1.807, 2.05) is 42.6 Å². The van der Waals surface area contributed by atoms with Crippen molar-refractivity contribution in [3.05, 3.63) is 94.5 Å². The van der Waals surface area contributed by atoms with Gasteiger partial charge in [0, 0.05) is 29.7 Å². The molecule has 1 aliphatic heterocycles. The Hall–Kier alpha value is -3.65. The van der Waals surface area contributed by atoms with Gasteiger partial charge in [0.1, 0.15) is 24.7 Å². The van der Waals surface area contributed by atoms with Crippen molar-refractivity contribution in [3.63, 3.8) is 0 Å². The molecule has 0 bridgehead atoms. The maximum Gasteiger partial charge on any atom is 0.322 e. The number of nitrogens with one attached hydrogen (secondary N) is 1. The number of anilines is 1. The maximum atomic E-state index is 13.6. The van der Waals surface area contributed by atoms with Crippen molar-refractivity contribution in [2.24, 2.45) is 0 Å². The van der Waals surface area contributed by atoms with Crippen LogP contribution in [0.3, 0.4) is 0 Å². The van der Waals surface area contributed by atoms with Crippen LogP contribution in [-0.2, 0) is 11.2 Å². The Bertz CT molecular complexity index is 1190. The van der Waals surface area contributed by atoms with Gasteiger partial charge in [-0.25, -0.2) is 9.18 Å². The lowest BCUT2D eigenvalue weighted by Crippen LogP contribution is -2.48. The number of rotatable bonds is 8. The van der Waals surface area contributed by atoms with E-state index in [9.17, 15) is 14.0 Å². The smallest absolute Gasteiger partial charge is 0.322 e. The van der Waals surface area contributed by atoms with Crippen molar-refractivity contribution < 1.29 is 18.7 Å². The zero-order valence-corrected chi connectivity index (χ0v) is 20.4. The highest BCUT2D eigenvalue weighted by atomic mass is 32.1. The van der Waals surface area contributed by atoms with Crippen LogP contribution in [0.1, 0.15) is 22.0 Å². The highest BCUT2D eigenvalue weighted by Gasteiger charge is 2.33. The second-order valence-corrected chi connectivity index (χ2v) is 9.39. The molecule has 0 aliphatic carbocycles. The van der Waals surface area contributed by atoms with Crippen LogP contribution in [0, 0.1) is 12.7 Å². The fourth-order valence-corrected chi connectivity index (χ4v) is 5.00. The summed E-state index contributed by atoms with van der Waals surface area (Å²) in [6.07, 6.45) is 2.34. The van der Waals surface area contributed by atoms with Crippen molar-refractivity contribution in [3.8, 4) is 5.75 Å². The first-order valence-corrected chi connectivity index (χ1v) is 12.3. The van der Waals surface area contributed by atoms with Crippen molar-refractivity contribution in [1.82, 2.24) is 9.80 Å². The number of ether oxygens (including phenoxy) is 1. The van der Waals surface area contributed by atoms with Gasteiger partial charge < -0.3 is 19.9 Å². The summed E-state index contributed by atoms with van der Waals surface area (Å²) in [5, 5.41) is 4.85. The maximum absolute atomic E-state index is 13.6. The van der Waals surface area contributed by atoms with Crippen LogP contribution in [0.25, 0.3) is 0 Å². The van der Waals surface area contributed by atoms with Crippen LogP contribution in [0.4, 0.5) is 14.9 Å². The lowest BCUT2D eigenvalue weighted by Gasteiger charge is -2.37. The van der Waals surface area contributed by atoms with Crippen LogP contribution in [-0.4, -0.2) is 48.0 Å². The predicted molar refractivity (Wildman–Crippen MR) is 136 cm³/mol. The van der Waals surface area contributed by atoms with Crippen LogP contribution < -0.4 is 10.1 Å². The van der Waals surface area contributed by atoms with E-state index in [4.69, 9.17) is 4.74 Å². The molecule has 3 amide bonds. The summed E-state index contributed by atoms with van der Waals surface area (Å²) < 4.78 is 19.5. The summed E-state index contributed by atoms with van der Waals surface area (Å²) in [7, 11) is 0. The number of nitrogens with zero attached hydrogens (tertiary/aromatic N) is 2. The van der Waals surface area contributed by atoms with E-state index in [-0.39, 0.29) is 43.5 Å². The van der Waals surface area contributed by atoms with Crippen LogP contribution in [0.5, 0.6) is 5.75 Å². The number of thiophene rings is 1. The van der Waals surface area contributed by atoms with Crippen LogP contribution >= 0.6 is 11.3 Å². The summed E-state index contributed by atoms with van der Waals surface area (Å²) in [6.45, 7) is 6.55. The average Bonchev–Trinajstić information content (AvgIpc) is 3.33. The van der Waals surface area contributed by atoms with Crippen LogP contribution in [0.2, 0.25) is 0 Å². The first-order chi connectivity index (χ1) is 16.9. The molecule has 35 heavy (non-hydrogen) atoms. The molecule has 6 nitrogen and oxygen atoms in total. The van der Waals surface area contributed by atoms with E-state index in [0.717, 1.165) is 17.5 Å². The Labute approximate surface area is 208 Å². The molecular weight excluding hydrogens is 465 g/mol. The molecule has 1 atom stereocenters. The Morgan fingerprint density at radius 3 is 2.80 bits per heavy atom. The summed E-state index contributed by atoms with van der Waals surface area (Å²) in [5.41, 5.74) is 2.78. The molecule has 4 rings (SSSR count). The topological polar surface area (TPSA) is 61.9 Å². The number of carbonyl (C=O) groups excluding carboxylic acids is 2. The zero-order valence-electron chi connectivity index (χ0n) is 19.6. The van der Waals surface area contributed by atoms with Gasteiger partial charge in [0.15, 0.2) is 0 Å². The fraction of sp³-hybridized carbons (Fsp3) is 0.259. The van der Waals surface area contributed by atoms with Gasteiger partial charge in [-0.1, -0.05) is 29.8 Å². The molecular formula is C27H28FN3O3S. The van der Waals surface area contributed by atoms with E-state index in [1.54, 1.807) is 34.4 Å². The average molecular weight is 494 g/mol. The SMILES string of the molecule is C=CCN(CC(=O)N1CCc2sccc2C1COc1cccc(F)c1)C(=O)Nc1ccc(C)cc1. The van der Waals surface area contributed by atoms with Crippen LogP contribution in [0.15, 0.2) is 72.6 Å². The monoisotopic (exact) mass is 493 g/mol. The third-order valence-corrected chi connectivity index (χ3v) is 6.88. The Morgan fingerprint density at radius 2 is 2.06 bits per heavy atom. The minimum atomic E-state index is -0.380. The van der Waals surface area contributed by atoms with Gasteiger partial charge in [0.25, 0.3) is 0 Å². The summed E-state index contributed by atoms with van der Waals surface area (Å²) in [6, 6.07) is 14.7. The van der Waals surface area contributed by atoms with Crippen molar-refractivity contribution in [1.29, 1.82) is 0 Å². The molecule has 0 spiro atoms. The van der Waals surface area contributed by atoms with Gasteiger partial charge >= 0.3 is 6.03 Å². The molecule has 0 radical (unpaired) electrons. The fourth-order valence-electron chi connectivity index (χ4n) is 4.08. The second kappa shape index (κ2) is 11.2. The summed E-state index contributed by atoms with van der Waals surface area (Å²) >= 11 is 1.65. The van der Waals surface area contributed by atoms with Crippen molar-refractivity contribution in [2.75, 3.05) is 31.6 Å². The number of halogens is 1. The van der Waals surface area contributed by atoms with Gasteiger partial charge in [0.2, 0.25) is 5.91 Å². The van der Waals surface area contributed by atoms with Crippen molar-refractivity contribution in [2.45, 2.75) is 19.4 Å². The number of benzene rings is 2. The minimum absolute atomic E-state index is 0.0976. The van der Waals surface area contributed by atoms with Gasteiger partial charge in [0.05, 0.1) is 6.04 Å². The van der Waals surface area contributed by atoms with Crippen molar-refractivity contribution >= 4 is 29.0 Å². The van der Waals surface area contributed by atoms with Gasteiger partial charge in [-0.15, -0.1) is 17.9 Å². The molecule has 2 aromatic carbocycles. The predicted octanol–water partition coefficient (Wildman–Crippen LogP) is 5.42. The molecule has 0 saturated heterocycles. The second-order valence-electron chi connectivity index (χ2n) is 8.39. The number of carbonyl (C=O) groups is 2. The Morgan fingerprint density at radius 1 is 1.26 bits per heavy atom. The first kappa shape index (κ1) is 24.5. The lowest BCUT2D eigenvalue weighted by molar-refractivity contribution is -0.135. The molecule has 1 unspecified atom stereocenters. The molecule has 1 aliphatic rings. The quantitative estimate of drug-likeness (QED) is 0.426. The molecule has 0 saturated carbocycles.